The predicted octanol–water partition coefficient (Wildman–Crippen LogP) is 0.823. The molecule has 1 amide bonds. The quantitative estimate of drug-likeness (QED) is 0.686. The van der Waals surface area contributed by atoms with Crippen molar-refractivity contribution in [1.29, 1.82) is 0 Å². The van der Waals surface area contributed by atoms with Gasteiger partial charge >= 0.3 is 5.97 Å². The lowest BCUT2D eigenvalue weighted by atomic mass is 9.96. The van der Waals surface area contributed by atoms with Gasteiger partial charge in [-0.15, -0.1) is 0 Å². The number of carbonyl (C=O) groups excluding carboxylic acids is 2. The van der Waals surface area contributed by atoms with Crippen molar-refractivity contribution in [2.24, 2.45) is 11.8 Å². The van der Waals surface area contributed by atoms with E-state index in [1.165, 1.54) is 7.11 Å². The second kappa shape index (κ2) is 5.69. The molecule has 3 unspecified atom stereocenters. The summed E-state index contributed by atoms with van der Waals surface area (Å²) < 4.78 is 9.99. The predicted molar refractivity (Wildman–Crippen MR) is 64.8 cm³/mol. The molecule has 0 bridgehead atoms. The molecule has 0 spiro atoms. The summed E-state index contributed by atoms with van der Waals surface area (Å²) in [6, 6.07) is 0. The molecule has 2 fully saturated rings. The van der Waals surface area contributed by atoms with E-state index in [1.54, 1.807) is 4.90 Å². The molecule has 3 atom stereocenters. The Morgan fingerprint density at radius 3 is 2.72 bits per heavy atom. The van der Waals surface area contributed by atoms with Crippen LogP contribution < -0.4 is 0 Å². The standard InChI is InChI=1S/C13H21NO4/c1-9-4-3-5-10(9)12(15)14-6-7-18-11(8-14)13(16)17-2/h9-11H,3-8H2,1-2H3. The van der Waals surface area contributed by atoms with E-state index in [0.717, 1.165) is 19.3 Å². The van der Waals surface area contributed by atoms with Gasteiger partial charge < -0.3 is 14.4 Å². The Morgan fingerprint density at radius 2 is 2.11 bits per heavy atom. The fraction of sp³-hybridized carbons (Fsp3) is 0.846. The second-order valence-electron chi connectivity index (χ2n) is 5.18. The Balaban J connectivity index is 1.96. The number of ether oxygens (including phenoxy) is 2. The number of carbonyl (C=O) groups is 2. The van der Waals surface area contributed by atoms with Crippen LogP contribution in [0.4, 0.5) is 0 Å². The summed E-state index contributed by atoms with van der Waals surface area (Å²) in [6.07, 6.45) is 2.61. The van der Waals surface area contributed by atoms with E-state index in [9.17, 15) is 9.59 Å². The van der Waals surface area contributed by atoms with Crippen molar-refractivity contribution in [3.63, 3.8) is 0 Å². The molecular formula is C13H21NO4. The first kappa shape index (κ1) is 13.3. The average molecular weight is 255 g/mol. The second-order valence-corrected chi connectivity index (χ2v) is 5.18. The summed E-state index contributed by atoms with van der Waals surface area (Å²) in [5.41, 5.74) is 0. The van der Waals surface area contributed by atoms with Crippen molar-refractivity contribution in [3.8, 4) is 0 Å². The molecule has 2 aliphatic rings. The van der Waals surface area contributed by atoms with Gasteiger partial charge in [-0.2, -0.15) is 0 Å². The number of morpholine rings is 1. The highest BCUT2D eigenvalue weighted by Gasteiger charge is 2.36. The largest absolute Gasteiger partial charge is 0.467 e. The molecule has 2 rings (SSSR count). The fourth-order valence-corrected chi connectivity index (χ4v) is 2.87. The molecular weight excluding hydrogens is 234 g/mol. The van der Waals surface area contributed by atoms with Gasteiger partial charge in [0, 0.05) is 12.5 Å². The first-order chi connectivity index (χ1) is 8.63. The summed E-state index contributed by atoms with van der Waals surface area (Å²) in [6.45, 7) is 3.45. The highest BCUT2D eigenvalue weighted by atomic mass is 16.6. The van der Waals surface area contributed by atoms with Gasteiger partial charge in [0.25, 0.3) is 0 Å². The minimum atomic E-state index is -0.621. The molecule has 102 valence electrons. The molecule has 5 heteroatoms. The molecule has 1 saturated carbocycles. The van der Waals surface area contributed by atoms with Crippen LogP contribution in [0.15, 0.2) is 0 Å². The lowest BCUT2D eigenvalue weighted by Gasteiger charge is -2.33. The molecule has 1 heterocycles. The van der Waals surface area contributed by atoms with Crippen molar-refractivity contribution < 1.29 is 19.1 Å². The Hall–Kier alpha value is -1.10. The number of hydrogen-bond donors (Lipinski definition) is 0. The molecule has 0 N–H and O–H groups in total. The smallest absolute Gasteiger partial charge is 0.336 e. The number of methoxy groups -OCH3 is 1. The third-order valence-corrected chi connectivity index (χ3v) is 4.02. The topological polar surface area (TPSA) is 55.8 Å². The molecule has 0 aromatic rings. The van der Waals surface area contributed by atoms with Crippen LogP contribution >= 0.6 is 0 Å². The van der Waals surface area contributed by atoms with E-state index < -0.39 is 12.1 Å². The van der Waals surface area contributed by atoms with E-state index in [1.807, 2.05) is 0 Å². The van der Waals surface area contributed by atoms with Crippen molar-refractivity contribution >= 4 is 11.9 Å². The van der Waals surface area contributed by atoms with Crippen LogP contribution in [0.5, 0.6) is 0 Å². The molecule has 0 radical (unpaired) electrons. The Morgan fingerprint density at radius 1 is 1.33 bits per heavy atom. The average Bonchev–Trinajstić information content (AvgIpc) is 2.83. The maximum absolute atomic E-state index is 12.4. The van der Waals surface area contributed by atoms with Crippen LogP contribution in [0.3, 0.4) is 0 Å². The number of esters is 1. The normalized spacial score (nSPS) is 32.3. The van der Waals surface area contributed by atoms with Crippen LogP contribution in [-0.2, 0) is 19.1 Å². The van der Waals surface area contributed by atoms with Gasteiger partial charge in [0.2, 0.25) is 5.91 Å². The first-order valence-corrected chi connectivity index (χ1v) is 6.61. The minimum Gasteiger partial charge on any atom is -0.467 e. The Kier molecular flexibility index (Phi) is 4.22. The maximum Gasteiger partial charge on any atom is 0.336 e. The van der Waals surface area contributed by atoms with E-state index in [-0.39, 0.29) is 11.8 Å². The summed E-state index contributed by atoms with van der Waals surface area (Å²) in [4.78, 5) is 25.6. The van der Waals surface area contributed by atoms with Crippen LogP contribution in [0, 0.1) is 11.8 Å². The Bertz CT molecular complexity index is 331. The molecule has 0 aromatic heterocycles. The van der Waals surface area contributed by atoms with Crippen molar-refractivity contribution in [1.82, 2.24) is 4.90 Å². The van der Waals surface area contributed by atoms with Crippen molar-refractivity contribution in [2.45, 2.75) is 32.3 Å². The van der Waals surface area contributed by atoms with Gasteiger partial charge in [0.15, 0.2) is 6.10 Å². The number of amides is 1. The number of nitrogens with zero attached hydrogens (tertiary/aromatic N) is 1. The zero-order valence-electron chi connectivity index (χ0n) is 11.1. The molecule has 1 aliphatic carbocycles. The maximum atomic E-state index is 12.4. The third-order valence-electron chi connectivity index (χ3n) is 4.02. The number of rotatable bonds is 2. The zero-order valence-corrected chi connectivity index (χ0v) is 11.1. The van der Waals surface area contributed by atoms with E-state index in [4.69, 9.17) is 4.74 Å². The van der Waals surface area contributed by atoms with Crippen LogP contribution in [0.1, 0.15) is 26.2 Å². The summed E-state index contributed by atoms with van der Waals surface area (Å²) in [7, 11) is 1.34. The molecule has 18 heavy (non-hydrogen) atoms. The molecule has 1 saturated heterocycles. The SMILES string of the molecule is COC(=O)C1CN(C(=O)C2CCCC2C)CCO1. The van der Waals surface area contributed by atoms with Crippen LogP contribution in [0.2, 0.25) is 0 Å². The summed E-state index contributed by atoms with van der Waals surface area (Å²) in [5.74, 6) is 0.363. The lowest BCUT2D eigenvalue weighted by molar-refractivity contribution is -0.163. The van der Waals surface area contributed by atoms with E-state index >= 15 is 0 Å². The van der Waals surface area contributed by atoms with E-state index in [0.29, 0.717) is 25.6 Å². The van der Waals surface area contributed by atoms with Gasteiger partial charge in [-0.05, 0) is 18.8 Å². The monoisotopic (exact) mass is 255 g/mol. The van der Waals surface area contributed by atoms with Gasteiger partial charge in [-0.3, -0.25) is 4.79 Å². The fourth-order valence-electron chi connectivity index (χ4n) is 2.87. The lowest BCUT2D eigenvalue weighted by Crippen LogP contribution is -2.50. The van der Waals surface area contributed by atoms with Crippen LogP contribution in [-0.4, -0.2) is 49.7 Å². The minimum absolute atomic E-state index is 0.126. The van der Waals surface area contributed by atoms with Crippen LogP contribution in [0.25, 0.3) is 0 Å². The molecule has 1 aliphatic heterocycles. The van der Waals surface area contributed by atoms with Crippen molar-refractivity contribution in [3.05, 3.63) is 0 Å². The first-order valence-electron chi connectivity index (χ1n) is 6.61. The van der Waals surface area contributed by atoms with Gasteiger partial charge in [0.1, 0.15) is 0 Å². The Labute approximate surface area is 107 Å². The summed E-state index contributed by atoms with van der Waals surface area (Å²) in [5, 5.41) is 0. The number of hydrogen-bond acceptors (Lipinski definition) is 4. The zero-order chi connectivity index (χ0) is 13.1. The molecule has 0 aromatic carbocycles. The summed E-state index contributed by atoms with van der Waals surface area (Å²) >= 11 is 0. The third kappa shape index (κ3) is 2.66. The highest BCUT2D eigenvalue weighted by molar-refractivity contribution is 5.81. The highest BCUT2D eigenvalue weighted by Crippen LogP contribution is 2.32. The van der Waals surface area contributed by atoms with Crippen molar-refractivity contribution in [2.75, 3.05) is 26.8 Å². The van der Waals surface area contributed by atoms with Gasteiger partial charge in [0.05, 0.1) is 20.3 Å². The van der Waals surface area contributed by atoms with E-state index in [2.05, 4.69) is 11.7 Å². The van der Waals surface area contributed by atoms with Gasteiger partial charge in [-0.1, -0.05) is 13.3 Å². The van der Waals surface area contributed by atoms with Gasteiger partial charge in [-0.25, -0.2) is 4.79 Å². The molecule has 5 nitrogen and oxygen atoms in total.